The second kappa shape index (κ2) is 6.90. The van der Waals surface area contributed by atoms with Crippen molar-refractivity contribution in [1.82, 2.24) is 10.6 Å². The zero-order chi connectivity index (χ0) is 13.5. The lowest BCUT2D eigenvalue weighted by atomic mass is 10.1. The van der Waals surface area contributed by atoms with Crippen LogP contribution in [0.4, 0.5) is 0 Å². The average Bonchev–Trinajstić information content (AvgIpc) is 2.47. The van der Waals surface area contributed by atoms with Crippen LogP contribution in [0.25, 0.3) is 0 Å². The molecule has 0 spiro atoms. The molecular weight excluding hydrogens is 252 g/mol. The summed E-state index contributed by atoms with van der Waals surface area (Å²) in [5.74, 6) is 0. The molecule has 3 heteroatoms. The summed E-state index contributed by atoms with van der Waals surface area (Å²) in [6, 6.07) is 20.7. The standard InChI is InChI=1S/C16H18N2S/c1-13(15-10-6-3-7-11-15)18-16(19)17-12-14-8-4-2-5-9-14/h2-11,13H,12H2,1H3,(H2,17,18,19)/t13-/m0/s1. The normalized spacial score (nSPS) is 11.6. The molecule has 0 unspecified atom stereocenters. The van der Waals surface area contributed by atoms with Gasteiger partial charge in [-0.1, -0.05) is 60.7 Å². The Bertz CT molecular complexity index is 511. The molecule has 0 aliphatic carbocycles. The van der Waals surface area contributed by atoms with E-state index in [0.29, 0.717) is 5.11 Å². The number of nitrogens with one attached hydrogen (secondary N) is 2. The smallest absolute Gasteiger partial charge is 0.167 e. The van der Waals surface area contributed by atoms with E-state index in [2.05, 4.69) is 41.8 Å². The van der Waals surface area contributed by atoms with E-state index in [0.717, 1.165) is 6.54 Å². The molecule has 0 heterocycles. The third-order valence-corrected chi connectivity index (χ3v) is 3.21. The van der Waals surface area contributed by atoms with Crippen LogP contribution in [0.3, 0.4) is 0 Å². The first kappa shape index (κ1) is 13.6. The summed E-state index contributed by atoms with van der Waals surface area (Å²) < 4.78 is 0. The summed E-state index contributed by atoms with van der Waals surface area (Å²) >= 11 is 5.31. The maximum absolute atomic E-state index is 5.31. The summed E-state index contributed by atoms with van der Waals surface area (Å²) in [5.41, 5.74) is 2.45. The van der Waals surface area contributed by atoms with Crippen molar-refractivity contribution in [2.45, 2.75) is 19.5 Å². The van der Waals surface area contributed by atoms with E-state index in [9.17, 15) is 0 Å². The lowest BCUT2D eigenvalue weighted by Crippen LogP contribution is -2.36. The van der Waals surface area contributed by atoms with Crippen molar-refractivity contribution in [3.63, 3.8) is 0 Å². The molecule has 0 aromatic heterocycles. The lowest BCUT2D eigenvalue weighted by molar-refractivity contribution is 0.698. The Labute approximate surface area is 119 Å². The van der Waals surface area contributed by atoms with Crippen LogP contribution < -0.4 is 10.6 Å². The first-order chi connectivity index (χ1) is 9.25. The fourth-order valence-corrected chi connectivity index (χ4v) is 2.10. The van der Waals surface area contributed by atoms with Crippen LogP contribution in [0.2, 0.25) is 0 Å². The Hall–Kier alpha value is -1.87. The van der Waals surface area contributed by atoms with E-state index in [1.807, 2.05) is 36.4 Å². The molecule has 2 aromatic carbocycles. The van der Waals surface area contributed by atoms with Crippen molar-refractivity contribution in [3.8, 4) is 0 Å². The Morgan fingerprint density at radius 1 is 1.00 bits per heavy atom. The van der Waals surface area contributed by atoms with E-state index < -0.39 is 0 Å². The molecule has 1 atom stereocenters. The zero-order valence-electron chi connectivity index (χ0n) is 11.0. The van der Waals surface area contributed by atoms with Gasteiger partial charge in [-0.2, -0.15) is 0 Å². The first-order valence-corrected chi connectivity index (χ1v) is 6.80. The molecule has 0 saturated carbocycles. The number of hydrogen-bond donors (Lipinski definition) is 2. The molecule has 0 radical (unpaired) electrons. The van der Waals surface area contributed by atoms with Gasteiger partial charge in [0.05, 0.1) is 6.04 Å². The molecule has 2 N–H and O–H groups in total. The highest BCUT2D eigenvalue weighted by Crippen LogP contribution is 2.10. The molecule has 2 rings (SSSR count). The minimum absolute atomic E-state index is 0.206. The van der Waals surface area contributed by atoms with Crippen molar-refractivity contribution in [2.24, 2.45) is 0 Å². The van der Waals surface area contributed by atoms with Gasteiger partial charge in [-0.25, -0.2) is 0 Å². The van der Waals surface area contributed by atoms with Gasteiger partial charge in [-0.3, -0.25) is 0 Å². The minimum atomic E-state index is 0.206. The van der Waals surface area contributed by atoms with E-state index in [-0.39, 0.29) is 6.04 Å². The SMILES string of the molecule is C[C@H](NC(=S)NCc1ccccc1)c1ccccc1. The Balaban J connectivity index is 1.82. The fourth-order valence-electron chi connectivity index (χ4n) is 1.85. The number of thiocarbonyl (C=S) groups is 1. The second-order valence-corrected chi connectivity index (χ2v) is 4.85. The molecule has 2 nitrogen and oxygen atoms in total. The van der Waals surface area contributed by atoms with Gasteiger partial charge in [-0.15, -0.1) is 0 Å². The molecular formula is C16H18N2S. The second-order valence-electron chi connectivity index (χ2n) is 4.44. The summed E-state index contributed by atoms with van der Waals surface area (Å²) in [6.07, 6.45) is 0. The molecule has 0 aliphatic rings. The molecule has 19 heavy (non-hydrogen) atoms. The van der Waals surface area contributed by atoms with E-state index in [4.69, 9.17) is 12.2 Å². The number of benzene rings is 2. The molecule has 0 fully saturated rings. The van der Waals surface area contributed by atoms with Crippen LogP contribution in [0.1, 0.15) is 24.1 Å². The predicted molar refractivity (Wildman–Crippen MR) is 83.9 cm³/mol. The van der Waals surface area contributed by atoms with Crippen LogP contribution >= 0.6 is 12.2 Å². The van der Waals surface area contributed by atoms with Crippen molar-refractivity contribution in [1.29, 1.82) is 0 Å². The van der Waals surface area contributed by atoms with Gasteiger partial charge in [0.2, 0.25) is 0 Å². The van der Waals surface area contributed by atoms with Gasteiger partial charge in [0, 0.05) is 6.54 Å². The van der Waals surface area contributed by atoms with Gasteiger partial charge >= 0.3 is 0 Å². The van der Waals surface area contributed by atoms with Gasteiger partial charge in [0.25, 0.3) is 0 Å². The van der Waals surface area contributed by atoms with E-state index >= 15 is 0 Å². The summed E-state index contributed by atoms with van der Waals surface area (Å²) in [5, 5.41) is 7.19. The van der Waals surface area contributed by atoms with Crippen LogP contribution in [-0.2, 0) is 6.54 Å². The van der Waals surface area contributed by atoms with Crippen molar-refractivity contribution in [2.75, 3.05) is 0 Å². The fraction of sp³-hybridized carbons (Fsp3) is 0.188. The molecule has 2 aromatic rings. The molecule has 0 saturated heterocycles. The summed E-state index contributed by atoms with van der Waals surface area (Å²) in [6.45, 7) is 2.85. The monoisotopic (exact) mass is 270 g/mol. The molecule has 98 valence electrons. The third kappa shape index (κ3) is 4.38. The maximum atomic E-state index is 5.31. The average molecular weight is 270 g/mol. The van der Waals surface area contributed by atoms with Gasteiger partial charge < -0.3 is 10.6 Å². The highest BCUT2D eigenvalue weighted by atomic mass is 32.1. The maximum Gasteiger partial charge on any atom is 0.167 e. The van der Waals surface area contributed by atoms with Crippen LogP contribution in [0.15, 0.2) is 60.7 Å². The van der Waals surface area contributed by atoms with E-state index in [1.165, 1.54) is 11.1 Å². The topological polar surface area (TPSA) is 24.1 Å². The molecule has 0 bridgehead atoms. The Morgan fingerprint density at radius 3 is 2.21 bits per heavy atom. The Morgan fingerprint density at radius 2 is 1.58 bits per heavy atom. The quantitative estimate of drug-likeness (QED) is 0.833. The van der Waals surface area contributed by atoms with Crippen LogP contribution in [0, 0.1) is 0 Å². The minimum Gasteiger partial charge on any atom is -0.359 e. The third-order valence-electron chi connectivity index (χ3n) is 2.94. The van der Waals surface area contributed by atoms with Crippen molar-refractivity contribution >= 4 is 17.3 Å². The highest BCUT2D eigenvalue weighted by molar-refractivity contribution is 7.80. The van der Waals surface area contributed by atoms with Crippen molar-refractivity contribution in [3.05, 3.63) is 71.8 Å². The molecule has 0 aliphatic heterocycles. The van der Waals surface area contributed by atoms with Crippen molar-refractivity contribution < 1.29 is 0 Å². The number of hydrogen-bond acceptors (Lipinski definition) is 1. The lowest BCUT2D eigenvalue weighted by Gasteiger charge is -2.17. The Kier molecular flexibility index (Phi) is 4.93. The van der Waals surface area contributed by atoms with Crippen LogP contribution in [-0.4, -0.2) is 5.11 Å². The van der Waals surface area contributed by atoms with E-state index in [1.54, 1.807) is 0 Å². The first-order valence-electron chi connectivity index (χ1n) is 6.39. The summed E-state index contributed by atoms with van der Waals surface area (Å²) in [4.78, 5) is 0. The highest BCUT2D eigenvalue weighted by Gasteiger charge is 2.05. The predicted octanol–water partition coefficient (Wildman–Crippen LogP) is 3.41. The van der Waals surface area contributed by atoms with Crippen LogP contribution in [0.5, 0.6) is 0 Å². The van der Waals surface area contributed by atoms with Gasteiger partial charge in [0.15, 0.2) is 5.11 Å². The van der Waals surface area contributed by atoms with Gasteiger partial charge in [-0.05, 0) is 30.3 Å². The van der Waals surface area contributed by atoms with Gasteiger partial charge in [0.1, 0.15) is 0 Å². The zero-order valence-corrected chi connectivity index (χ0v) is 11.8. The summed E-state index contributed by atoms with van der Waals surface area (Å²) in [7, 11) is 0. The largest absolute Gasteiger partial charge is 0.359 e. The number of rotatable bonds is 4. The molecule has 0 amide bonds.